The molecule has 1 unspecified atom stereocenters. The monoisotopic (exact) mass is 262 g/mol. The molecular formula is C17H26O2. The van der Waals surface area contributed by atoms with Gasteiger partial charge in [0.15, 0.2) is 0 Å². The van der Waals surface area contributed by atoms with Crippen LogP contribution in [0.25, 0.3) is 0 Å². The molecule has 19 heavy (non-hydrogen) atoms. The number of hydrogen-bond donors (Lipinski definition) is 1. The highest BCUT2D eigenvalue weighted by molar-refractivity contribution is 5.68. The van der Waals surface area contributed by atoms with Gasteiger partial charge in [0.2, 0.25) is 0 Å². The zero-order valence-electron chi connectivity index (χ0n) is 12.8. The van der Waals surface area contributed by atoms with Crippen LogP contribution in [0.15, 0.2) is 18.2 Å². The summed E-state index contributed by atoms with van der Waals surface area (Å²) in [6.45, 7) is 10.8. The van der Waals surface area contributed by atoms with Crippen LogP contribution in [0.1, 0.15) is 69.6 Å². The van der Waals surface area contributed by atoms with Crippen molar-refractivity contribution in [1.82, 2.24) is 0 Å². The molecule has 0 saturated heterocycles. The van der Waals surface area contributed by atoms with E-state index in [-0.39, 0.29) is 17.8 Å². The van der Waals surface area contributed by atoms with Gasteiger partial charge in [0, 0.05) is 0 Å². The lowest BCUT2D eigenvalue weighted by Crippen LogP contribution is -2.15. The first-order valence-corrected chi connectivity index (χ1v) is 7.08. The minimum absolute atomic E-state index is 0.0973. The second kappa shape index (κ2) is 6.23. The Labute approximate surface area is 116 Å². The van der Waals surface area contributed by atoms with Gasteiger partial charge in [-0.05, 0) is 41.4 Å². The van der Waals surface area contributed by atoms with E-state index >= 15 is 0 Å². The molecule has 0 spiro atoms. The highest BCUT2D eigenvalue weighted by Crippen LogP contribution is 2.31. The van der Waals surface area contributed by atoms with Gasteiger partial charge in [0.25, 0.3) is 0 Å². The molecule has 0 saturated carbocycles. The highest BCUT2D eigenvalue weighted by atomic mass is 16.4. The molecule has 1 rings (SSSR count). The summed E-state index contributed by atoms with van der Waals surface area (Å²) in [7, 11) is 0. The van der Waals surface area contributed by atoms with E-state index in [0.29, 0.717) is 0 Å². The minimum atomic E-state index is -0.712. The van der Waals surface area contributed by atoms with Crippen molar-refractivity contribution < 1.29 is 9.90 Å². The Kier molecular flexibility index (Phi) is 5.16. The first kappa shape index (κ1) is 15.7. The number of aryl methyl sites for hydroxylation is 1. The maximum Gasteiger partial charge on any atom is 0.303 e. The maximum atomic E-state index is 11.0. The maximum absolute atomic E-state index is 11.0. The predicted octanol–water partition coefficient (Wildman–Crippen LogP) is 4.65. The van der Waals surface area contributed by atoms with Gasteiger partial charge in [-0.3, -0.25) is 4.79 Å². The number of carboxylic acids is 1. The zero-order valence-corrected chi connectivity index (χ0v) is 12.8. The highest BCUT2D eigenvalue weighted by Gasteiger charge is 2.20. The summed E-state index contributed by atoms with van der Waals surface area (Å²) in [6.07, 6.45) is 2.16. The van der Waals surface area contributed by atoms with Gasteiger partial charge >= 0.3 is 5.97 Å². The molecule has 0 radical (unpaired) electrons. The van der Waals surface area contributed by atoms with E-state index in [1.54, 1.807) is 0 Å². The van der Waals surface area contributed by atoms with Gasteiger partial charge in [-0.1, -0.05) is 52.3 Å². The Morgan fingerprint density at radius 3 is 2.42 bits per heavy atom. The van der Waals surface area contributed by atoms with Crippen molar-refractivity contribution >= 4 is 5.97 Å². The molecule has 0 fully saturated rings. The molecule has 0 aliphatic carbocycles. The smallest absolute Gasteiger partial charge is 0.303 e. The SMILES string of the molecule is CCCC(CC(=O)O)c1ccc(C)c(C(C)(C)C)c1. The van der Waals surface area contributed by atoms with Crippen LogP contribution in [0.3, 0.4) is 0 Å². The molecule has 106 valence electrons. The molecular weight excluding hydrogens is 236 g/mol. The van der Waals surface area contributed by atoms with Crippen molar-refractivity contribution in [2.75, 3.05) is 0 Å². The zero-order chi connectivity index (χ0) is 14.6. The molecule has 2 nitrogen and oxygen atoms in total. The Morgan fingerprint density at radius 2 is 1.95 bits per heavy atom. The number of hydrogen-bond acceptors (Lipinski definition) is 1. The van der Waals surface area contributed by atoms with Crippen LogP contribution in [0, 0.1) is 6.92 Å². The second-order valence-electron chi connectivity index (χ2n) is 6.41. The fraction of sp³-hybridized carbons (Fsp3) is 0.588. The van der Waals surface area contributed by atoms with E-state index in [9.17, 15) is 4.79 Å². The van der Waals surface area contributed by atoms with E-state index in [4.69, 9.17) is 5.11 Å². The van der Waals surface area contributed by atoms with Crippen LogP contribution >= 0.6 is 0 Å². The molecule has 0 bridgehead atoms. The average Bonchev–Trinajstić information content (AvgIpc) is 2.27. The molecule has 2 heteroatoms. The van der Waals surface area contributed by atoms with E-state index in [0.717, 1.165) is 12.8 Å². The van der Waals surface area contributed by atoms with Crippen LogP contribution in [-0.4, -0.2) is 11.1 Å². The molecule has 1 aromatic carbocycles. The Balaban J connectivity index is 3.14. The van der Waals surface area contributed by atoms with E-state index in [2.05, 4.69) is 52.8 Å². The van der Waals surface area contributed by atoms with Gasteiger partial charge < -0.3 is 5.11 Å². The van der Waals surface area contributed by atoms with Gasteiger partial charge in [-0.2, -0.15) is 0 Å². The van der Waals surface area contributed by atoms with Crippen molar-refractivity contribution in [1.29, 1.82) is 0 Å². The van der Waals surface area contributed by atoms with Crippen molar-refractivity contribution in [3.63, 3.8) is 0 Å². The second-order valence-corrected chi connectivity index (χ2v) is 6.41. The fourth-order valence-electron chi connectivity index (χ4n) is 2.65. The van der Waals surface area contributed by atoms with Crippen LogP contribution in [0.4, 0.5) is 0 Å². The summed E-state index contributed by atoms with van der Waals surface area (Å²) in [5, 5.41) is 9.06. The molecule has 0 heterocycles. The van der Waals surface area contributed by atoms with Crippen molar-refractivity contribution in [2.45, 2.75) is 65.2 Å². The number of rotatable bonds is 5. The van der Waals surface area contributed by atoms with Crippen molar-refractivity contribution in [2.24, 2.45) is 0 Å². The largest absolute Gasteiger partial charge is 0.481 e. The number of carboxylic acid groups (broad SMARTS) is 1. The topological polar surface area (TPSA) is 37.3 Å². The van der Waals surface area contributed by atoms with Crippen LogP contribution in [0.2, 0.25) is 0 Å². The molecule has 0 amide bonds. The molecule has 0 aliphatic rings. The number of benzene rings is 1. The van der Waals surface area contributed by atoms with Crippen molar-refractivity contribution in [3.8, 4) is 0 Å². The minimum Gasteiger partial charge on any atom is -0.481 e. The van der Waals surface area contributed by atoms with E-state index in [1.807, 2.05) is 0 Å². The summed E-state index contributed by atoms with van der Waals surface area (Å²) >= 11 is 0. The van der Waals surface area contributed by atoms with E-state index < -0.39 is 5.97 Å². The van der Waals surface area contributed by atoms with Gasteiger partial charge in [0.05, 0.1) is 6.42 Å². The van der Waals surface area contributed by atoms with E-state index in [1.165, 1.54) is 16.7 Å². The lowest BCUT2D eigenvalue weighted by atomic mass is 9.80. The lowest BCUT2D eigenvalue weighted by molar-refractivity contribution is -0.137. The number of carbonyl (C=O) groups is 1. The summed E-state index contributed by atoms with van der Waals surface area (Å²) in [5.74, 6) is -0.583. The third-order valence-corrected chi connectivity index (χ3v) is 3.60. The molecule has 1 atom stereocenters. The van der Waals surface area contributed by atoms with Gasteiger partial charge in [-0.15, -0.1) is 0 Å². The first-order valence-electron chi connectivity index (χ1n) is 7.08. The molecule has 0 aromatic heterocycles. The Morgan fingerprint density at radius 1 is 1.32 bits per heavy atom. The van der Waals surface area contributed by atoms with Crippen LogP contribution in [0.5, 0.6) is 0 Å². The summed E-state index contributed by atoms with van der Waals surface area (Å²) in [5.41, 5.74) is 3.86. The quantitative estimate of drug-likeness (QED) is 0.838. The van der Waals surface area contributed by atoms with Crippen molar-refractivity contribution in [3.05, 3.63) is 34.9 Å². The summed E-state index contributed by atoms with van der Waals surface area (Å²) < 4.78 is 0. The average molecular weight is 262 g/mol. The number of aliphatic carboxylic acids is 1. The first-order chi connectivity index (χ1) is 8.75. The fourth-order valence-corrected chi connectivity index (χ4v) is 2.65. The molecule has 0 aliphatic heterocycles. The standard InChI is InChI=1S/C17H26O2/c1-6-7-13(11-16(18)19)14-9-8-12(2)15(10-14)17(3,4)5/h8-10,13H,6-7,11H2,1-5H3,(H,18,19). The Bertz CT molecular complexity index is 441. The normalized spacial score (nSPS) is 13.3. The summed E-state index contributed by atoms with van der Waals surface area (Å²) in [4.78, 5) is 11.0. The van der Waals surface area contributed by atoms with Crippen LogP contribution < -0.4 is 0 Å². The van der Waals surface area contributed by atoms with Crippen LogP contribution in [-0.2, 0) is 10.2 Å². The molecule has 1 N–H and O–H groups in total. The van der Waals surface area contributed by atoms with Gasteiger partial charge in [0.1, 0.15) is 0 Å². The lowest BCUT2D eigenvalue weighted by Gasteiger charge is -2.24. The Hall–Kier alpha value is -1.31. The third-order valence-electron chi connectivity index (χ3n) is 3.60. The van der Waals surface area contributed by atoms with Gasteiger partial charge in [-0.25, -0.2) is 0 Å². The third kappa shape index (κ3) is 4.38. The molecule has 1 aromatic rings. The predicted molar refractivity (Wildman–Crippen MR) is 79.8 cm³/mol. The summed E-state index contributed by atoms with van der Waals surface area (Å²) in [6, 6.07) is 6.42.